The third-order valence-electron chi connectivity index (χ3n) is 3.76. The van der Waals surface area contributed by atoms with Crippen LogP contribution in [0.5, 0.6) is 0 Å². The van der Waals surface area contributed by atoms with Crippen molar-refractivity contribution >= 4 is 46.5 Å². The second kappa shape index (κ2) is 8.14. The molecule has 0 saturated carbocycles. The second-order valence-electron chi connectivity index (χ2n) is 5.60. The van der Waals surface area contributed by atoms with Crippen molar-refractivity contribution in [3.63, 3.8) is 0 Å². The van der Waals surface area contributed by atoms with Crippen molar-refractivity contribution in [1.82, 2.24) is 19.5 Å². The van der Waals surface area contributed by atoms with Crippen LogP contribution >= 0.6 is 35.0 Å². The number of nitrogens with one attached hydrogen (secondary N) is 1. The minimum Gasteiger partial charge on any atom is -0.468 e. The van der Waals surface area contributed by atoms with Crippen LogP contribution in [0.2, 0.25) is 10.0 Å². The standard InChI is InChI=1S/C18H13Cl2N5O2S/c19-13-6-3-7-14(20)15(13)21-16-17(26)25(24-8-1-2-9-24)18(23-22-16)28-11-12-5-4-10-27-12/h1-10H,11H2,(H,21,22). The molecule has 0 saturated heterocycles. The number of anilines is 2. The van der Waals surface area contributed by atoms with E-state index in [4.69, 9.17) is 27.6 Å². The Bertz CT molecular complexity index is 1120. The summed E-state index contributed by atoms with van der Waals surface area (Å²) in [6.45, 7) is 0. The van der Waals surface area contributed by atoms with Crippen molar-refractivity contribution in [2.45, 2.75) is 10.9 Å². The molecule has 0 aliphatic rings. The van der Waals surface area contributed by atoms with Crippen molar-refractivity contribution < 1.29 is 4.42 Å². The van der Waals surface area contributed by atoms with Crippen LogP contribution in [0.1, 0.15) is 5.76 Å². The zero-order valence-electron chi connectivity index (χ0n) is 14.3. The van der Waals surface area contributed by atoms with Crippen LogP contribution in [0.25, 0.3) is 0 Å². The van der Waals surface area contributed by atoms with Crippen LogP contribution in [-0.2, 0) is 5.75 Å². The molecule has 4 rings (SSSR count). The molecular formula is C18H13Cl2N5O2S. The van der Waals surface area contributed by atoms with E-state index in [0.29, 0.717) is 26.6 Å². The number of hydrogen-bond acceptors (Lipinski definition) is 6. The third kappa shape index (κ3) is 3.80. The van der Waals surface area contributed by atoms with Crippen molar-refractivity contribution in [3.8, 4) is 0 Å². The highest BCUT2D eigenvalue weighted by Gasteiger charge is 2.16. The number of aromatic nitrogens is 4. The van der Waals surface area contributed by atoms with Gasteiger partial charge in [-0.1, -0.05) is 41.0 Å². The maximum Gasteiger partial charge on any atom is 0.316 e. The SMILES string of the molecule is O=c1c(Nc2c(Cl)cccc2Cl)nnc(SCc2ccco2)n1-n1cccc1. The fourth-order valence-electron chi connectivity index (χ4n) is 2.46. The van der Waals surface area contributed by atoms with E-state index in [-0.39, 0.29) is 5.82 Å². The van der Waals surface area contributed by atoms with E-state index in [2.05, 4.69) is 15.5 Å². The van der Waals surface area contributed by atoms with Crippen LogP contribution in [0.4, 0.5) is 11.5 Å². The lowest BCUT2D eigenvalue weighted by Gasteiger charge is -2.14. The lowest BCUT2D eigenvalue weighted by atomic mass is 10.3. The number of nitrogens with zero attached hydrogens (tertiary/aromatic N) is 4. The van der Waals surface area contributed by atoms with Crippen molar-refractivity contribution in [3.05, 3.63) is 87.3 Å². The first-order chi connectivity index (χ1) is 13.6. The van der Waals surface area contributed by atoms with Gasteiger partial charge >= 0.3 is 5.56 Å². The lowest BCUT2D eigenvalue weighted by molar-refractivity contribution is 0.523. The summed E-state index contributed by atoms with van der Waals surface area (Å²) in [5, 5.41) is 12.3. The molecule has 7 nitrogen and oxygen atoms in total. The van der Waals surface area contributed by atoms with Gasteiger partial charge in [0, 0.05) is 12.4 Å². The van der Waals surface area contributed by atoms with E-state index in [1.54, 1.807) is 47.6 Å². The quantitative estimate of drug-likeness (QED) is 0.444. The number of hydrogen-bond donors (Lipinski definition) is 1. The Kier molecular flexibility index (Phi) is 5.43. The van der Waals surface area contributed by atoms with E-state index >= 15 is 0 Å². The van der Waals surface area contributed by atoms with Gasteiger partial charge < -0.3 is 9.73 Å². The van der Waals surface area contributed by atoms with E-state index in [1.165, 1.54) is 16.4 Å². The minimum atomic E-state index is -0.399. The Morgan fingerprint density at radius 1 is 1.04 bits per heavy atom. The molecule has 1 N–H and O–H groups in total. The molecule has 1 aromatic carbocycles. The number of benzene rings is 1. The Morgan fingerprint density at radius 2 is 1.79 bits per heavy atom. The molecule has 0 amide bonds. The molecule has 4 aromatic rings. The van der Waals surface area contributed by atoms with E-state index in [1.807, 2.05) is 18.2 Å². The van der Waals surface area contributed by atoms with E-state index in [0.717, 1.165) is 5.76 Å². The van der Waals surface area contributed by atoms with Gasteiger partial charge in [-0.15, -0.1) is 10.2 Å². The molecule has 0 fully saturated rings. The van der Waals surface area contributed by atoms with E-state index in [9.17, 15) is 4.79 Å². The monoisotopic (exact) mass is 433 g/mol. The average molecular weight is 434 g/mol. The van der Waals surface area contributed by atoms with Gasteiger partial charge in [-0.25, -0.2) is 0 Å². The summed E-state index contributed by atoms with van der Waals surface area (Å²) in [7, 11) is 0. The molecule has 0 aliphatic heterocycles. The molecule has 0 atom stereocenters. The van der Waals surface area contributed by atoms with E-state index < -0.39 is 5.56 Å². The molecule has 28 heavy (non-hydrogen) atoms. The Balaban J connectivity index is 1.73. The lowest BCUT2D eigenvalue weighted by Crippen LogP contribution is -2.30. The van der Waals surface area contributed by atoms with Gasteiger partial charge in [0.15, 0.2) is 0 Å². The summed E-state index contributed by atoms with van der Waals surface area (Å²) in [5.41, 5.74) is -0.00332. The van der Waals surface area contributed by atoms with Gasteiger partial charge in [0.25, 0.3) is 0 Å². The fraction of sp³-hybridized carbons (Fsp3) is 0.0556. The largest absolute Gasteiger partial charge is 0.468 e. The molecule has 0 aliphatic carbocycles. The van der Waals surface area contributed by atoms with Crippen LogP contribution in [0.3, 0.4) is 0 Å². The first-order valence-corrected chi connectivity index (χ1v) is 9.87. The van der Waals surface area contributed by atoms with Crippen molar-refractivity contribution in [2.75, 3.05) is 5.32 Å². The summed E-state index contributed by atoms with van der Waals surface area (Å²) < 4.78 is 8.38. The molecule has 142 valence electrons. The molecular weight excluding hydrogens is 421 g/mol. The van der Waals surface area contributed by atoms with Crippen molar-refractivity contribution in [2.24, 2.45) is 0 Å². The predicted molar refractivity (Wildman–Crippen MR) is 110 cm³/mol. The number of para-hydroxylation sites is 1. The number of rotatable bonds is 6. The highest BCUT2D eigenvalue weighted by molar-refractivity contribution is 7.98. The molecule has 0 bridgehead atoms. The topological polar surface area (TPSA) is 77.9 Å². The Morgan fingerprint density at radius 3 is 2.46 bits per heavy atom. The molecule has 3 aromatic heterocycles. The minimum absolute atomic E-state index is 0.00560. The molecule has 10 heteroatoms. The smallest absolute Gasteiger partial charge is 0.316 e. The van der Waals surface area contributed by atoms with Gasteiger partial charge in [0.2, 0.25) is 11.0 Å². The molecule has 3 heterocycles. The number of thioether (sulfide) groups is 1. The van der Waals surface area contributed by atoms with Gasteiger partial charge in [0.1, 0.15) is 5.76 Å². The first-order valence-electron chi connectivity index (χ1n) is 8.13. The Hall–Kier alpha value is -2.68. The Labute approximate surface area is 173 Å². The highest BCUT2D eigenvalue weighted by atomic mass is 35.5. The second-order valence-corrected chi connectivity index (χ2v) is 7.36. The maximum absolute atomic E-state index is 13.1. The van der Waals surface area contributed by atoms with Crippen LogP contribution in [0.15, 0.2) is 75.5 Å². The summed E-state index contributed by atoms with van der Waals surface area (Å²) in [5.74, 6) is 1.28. The zero-order chi connectivity index (χ0) is 19.5. The van der Waals surface area contributed by atoms with Crippen LogP contribution < -0.4 is 10.9 Å². The zero-order valence-corrected chi connectivity index (χ0v) is 16.6. The first kappa shape index (κ1) is 18.7. The molecule has 0 spiro atoms. The third-order valence-corrected chi connectivity index (χ3v) is 5.33. The molecule has 0 unspecified atom stereocenters. The highest BCUT2D eigenvalue weighted by Crippen LogP contribution is 2.31. The maximum atomic E-state index is 13.1. The van der Waals surface area contributed by atoms with Gasteiger partial charge in [0.05, 0.1) is 27.7 Å². The summed E-state index contributed by atoms with van der Waals surface area (Å²) in [6, 6.07) is 12.3. The number of furan rings is 1. The van der Waals surface area contributed by atoms with Crippen LogP contribution in [-0.4, -0.2) is 19.5 Å². The predicted octanol–water partition coefficient (Wildman–Crippen LogP) is 4.69. The van der Waals surface area contributed by atoms with Gasteiger partial charge in [-0.2, -0.15) is 4.68 Å². The number of halogens is 2. The van der Waals surface area contributed by atoms with Gasteiger partial charge in [-0.05, 0) is 36.4 Å². The molecule has 0 radical (unpaired) electrons. The fourth-order valence-corrected chi connectivity index (χ4v) is 3.79. The normalized spacial score (nSPS) is 10.9. The van der Waals surface area contributed by atoms with Crippen LogP contribution in [0, 0.1) is 0 Å². The summed E-state index contributed by atoms with van der Waals surface area (Å²) in [6.07, 6.45) is 5.08. The summed E-state index contributed by atoms with van der Waals surface area (Å²) >= 11 is 13.7. The van der Waals surface area contributed by atoms with Crippen molar-refractivity contribution in [1.29, 1.82) is 0 Å². The van der Waals surface area contributed by atoms with Gasteiger partial charge in [-0.3, -0.25) is 9.47 Å². The average Bonchev–Trinajstić information content (AvgIpc) is 3.38. The summed E-state index contributed by atoms with van der Waals surface area (Å²) in [4.78, 5) is 13.1.